The molecule has 0 saturated heterocycles. The number of carbonyl (C=O) groups excluding carboxylic acids is 1. The van der Waals surface area contributed by atoms with E-state index in [1.807, 2.05) is 0 Å². The van der Waals surface area contributed by atoms with Gasteiger partial charge in [0.05, 0.1) is 0 Å². The Morgan fingerprint density at radius 1 is 1.12 bits per heavy atom. The average Bonchev–Trinajstić information content (AvgIpc) is 2.56. The third kappa shape index (κ3) is 4.05. The molecule has 0 aliphatic heterocycles. The number of halogens is 2. The molecule has 0 aromatic heterocycles. The fourth-order valence-corrected chi connectivity index (χ4v) is 1.89. The summed E-state index contributed by atoms with van der Waals surface area (Å²) in [5.41, 5.74) is 0.371. The molecule has 0 radical (unpaired) electrons. The van der Waals surface area contributed by atoms with Crippen LogP contribution in [0.25, 0.3) is 11.1 Å². The predicted molar refractivity (Wildman–Crippen MR) is 84.5 cm³/mol. The molecule has 2 aromatic carbocycles. The third-order valence-corrected chi connectivity index (χ3v) is 3.02. The maximum absolute atomic E-state index is 14.2. The van der Waals surface area contributed by atoms with Gasteiger partial charge in [-0.1, -0.05) is 19.2 Å². The van der Waals surface area contributed by atoms with Crippen LogP contribution >= 0.6 is 0 Å². The lowest BCUT2D eigenvalue weighted by molar-refractivity contribution is -0.128. The Hall–Kier alpha value is -2.99. The molecule has 0 amide bonds. The lowest BCUT2D eigenvalue weighted by atomic mass is 10.0. The highest BCUT2D eigenvalue weighted by Gasteiger charge is 2.13. The molecule has 1 N–H and O–H groups in total. The van der Waals surface area contributed by atoms with E-state index in [9.17, 15) is 18.7 Å². The number of hydrogen-bond donors (Lipinski definition) is 1. The summed E-state index contributed by atoms with van der Waals surface area (Å²) < 4.78 is 37.8. The van der Waals surface area contributed by atoms with Crippen LogP contribution in [0.2, 0.25) is 0 Å². The molecular weight excluding hydrogens is 318 g/mol. The van der Waals surface area contributed by atoms with Crippen molar-refractivity contribution in [2.75, 3.05) is 0 Å². The van der Waals surface area contributed by atoms with Crippen molar-refractivity contribution in [3.8, 4) is 22.6 Å². The van der Waals surface area contributed by atoms with Crippen LogP contribution in [0, 0.1) is 11.6 Å². The van der Waals surface area contributed by atoms with E-state index >= 15 is 0 Å². The Morgan fingerprint density at radius 2 is 1.88 bits per heavy atom. The van der Waals surface area contributed by atoms with Gasteiger partial charge in [-0.3, -0.25) is 0 Å². The summed E-state index contributed by atoms with van der Waals surface area (Å²) in [6.07, 6.45) is 0.703. The Kier molecular flexibility index (Phi) is 5.44. The van der Waals surface area contributed by atoms with E-state index in [-0.39, 0.29) is 22.6 Å². The van der Waals surface area contributed by atoms with Gasteiger partial charge in [-0.15, -0.1) is 0 Å². The zero-order valence-corrected chi connectivity index (χ0v) is 12.5. The molecule has 2 aromatic rings. The summed E-state index contributed by atoms with van der Waals surface area (Å²) >= 11 is 0. The molecule has 24 heavy (non-hydrogen) atoms. The molecule has 124 valence electrons. The molecule has 0 heterocycles. The molecular formula is C18H14F2O4. The second kappa shape index (κ2) is 7.52. The van der Waals surface area contributed by atoms with Gasteiger partial charge in [0.2, 0.25) is 6.29 Å². The van der Waals surface area contributed by atoms with E-state index in [4.69, 9.17) is 9.47 Å². The van der Waals surface area contributed by atoms with Crippen molar-refractivity contribution >= 4 is 5.97 Å². The normalized spacial score (nSPS) is 11.5. The summed E-state index contributed by atoms with van der Waals surface area (Å²) in [7, 11) is 0. The first-order valence-electron chi connectivity index (χ1n) is 6.85. The molecule has 0 bridgehead atoms. The number of esters is 1. The van der Waals surface area contributed by atoms with Crippen LogP contribution in [0.3, 0.4) is 0 Å². The fraction of sp³-hybridized carbons (Fsp3) is 0.0556. The summed E-state index contributed by atoms with van der Waals surface area (Å²) in [5, 5.41) is 9.27. The average molecular weight is 332 g/mol. The Labute approximate surface area is 137 Å². The topological polar surface area (TPSA) is 55.8 Å². The SMILES string of the molecule is C=CC(=O)Oc1ccc(-c2ccc(OC(O)C=C)c(F)c2)c(F)c1. The van der Waals surface area contributed by atoms with E-state index in [1.54, 1.807) is 0 Å². The van der Waals surface area contributed by atoms with Crippen LogP contribution in [-0.4, -0.2) is 17.4 Å². The molecule has 0 aliphatic carbocycles. The van der Waals surface area contributed by atoms with Gasteiger partial charge in [0.25, 0.3) is 0 Å². The highest BCUT2D eigenvalue weighted by molar-refractivity contribution is 5.83. The minimum atomic E-state index is -1.35. The van der Waals surface area contributed by atoms with Gasteiger partial charge < -0.3 is 14.6 Å². The Bertz CT molecular complexity index is 787. The number of ether oxygens (including phenoxy) is 2. The molecule has 2 rings (SSSR count). The zero-order valence-electron chi connectivity index (χ0n) is 12.5. The Morgan fingerprint density at radius 3 is 2.46 bits per heavy atom. The van der Waals surface area contributed by atoms with Gasteiger partial charge in [-0.25, -0.2) is 13.6 Å². The van der Waals surface area contributed by atoms with E-state index in [1.165, 1.54) is 24.3 Å². The van der Waals surface area contributed by atoms with Gasteiger partial charge in [0, 0.05) is 17.7 Å². The molecule has 0 saturated carbocycles. The van der Waals surface area contributed by atoms with Crippen molar-refractivity contribution in [1.82, 2.24) is 0 Å². The van der Waals surface area contributed by atoms with Crippen LogP contribution in [0.5, 0.6) is 11.5 Å². The van der Waals surface area contributed by atoms with E-state index in [0.29, 0.717) is 0 Å². The van der Waals surface area contributed by atoms with Crippen LogP contribution in [0.4, 0.5) is 8.78 Å². The van der Waals surface area contributed by atoms with E-state index < -0.39 is 23.9 Å². The minimum absolute atomic E-state index is 0.00989. The molecule has 6 heteroatoms. The monoisotopic (exact) mass is 332 g/mol. The molecule has 0 aliphatic rings. The maximum atomic E-state index is 14.2. The summed E-state index contributed by atoms with van der Waals surface area (Å²) in [6, 6.07) is 7.52. The smallest absolute Gasteiger partial charge is 0.335 e. The van der Waals surface area contributed by atoms with Crippen LogP contribution < -0.4 is 9.47 Å². The quantitative estimate of drug-likeness (QED) is 0.289. The van der Waals surface area contributed by atoms with Crippen LogP contribution in [0.1, 0.15) is 0 Å². The summed E-state index contributed by atoms with van der Waals surface area (Å²) in [4.78, 5) is 11.1. The number of carbonyl (C=O) groups is 1. The van der Waals surface area contributed by atoms with Crippen molar-refractivity contribution in [2.24, 2.45) is 0 Å². The third-order valence-electron chi connectivity index (χ3n) is 3.02. The molecule has 4 nitrogen and oxygen atoms in total. The minimum Gasteiger partial charge on any atom is -0.458 e. The fourth-order valence-electron chi connectivity index (χ4n) is 1.89. The highest BCUT2D eigenvalue weighted by atomic mass is 19.1. The first kappa shape index (κ1) is 17.4. The second-order valence-electron chi connectivity index (χ2n) is 4.66. The molecule has 1 atom stereocenters. The van der Waals surface area contributed by atoms with Gasteiger partial charge in [0.15, 0.2) is 11.6 Å². The maximum Gasteiger partial charge on any atom is 0.335 e. The van der Waals surface area contributed by atoms with Crippen molar-refractivity contribution in [2.45, 2.75) is 6.29 Å². The van der Waals surface area contributed by atoms with Gasteiger partial charge in [-0.2, -0.15) is 0 Å². The van der Waals surface area contributed by atoms with Crippen LogP contribution in [-0.2, 0) is 4.79 Å². The summed E-state index contributed by atoms with van der Waals surface area (Å²) in [6.45, 7) is 6.55. The molecule has 0 spiro atoms. The first-order valence-corrected chi connectivity index (χ1v) is 6.85. The highest BCUT2D eigenvalue weighted by Crippen LogP contribution is 2.30. The summed E-state index contributed by atoms with van der Waals surface area (Å²) in [5.74, 6) is -2.35. The van der Waals surface area contributed by atoms with Crippen LogP contribution in [0.15, 0.2) is 61.7 Å². The zero-order chi connectivity index (χ0) is 17.7. The number of benzene rings is 2. The number of rotatable bonds is 6. The van der Waals surface area contributed by atoms with E-state index in [2.05, 4.69) is 13.2 Å². The van der Waals surface area contributed by atoms with Crippen molar-refractivity contribution < 1.29 is 28.2 Å². The van der Waals surface area contributed by atoms with Crippen molar-refractivity contribution in [3.05, 3.63) is 73.3 Å². The van der Waals surface area contributed by atoms with Gasteiger partial charge >= 0.3 is 5.97 Å². The standard InChI is InChI=1S/C18H14F2O4/c1-3-17(21)23-12-6-7-13(14(19)10-12)11-5-8-16(15(20)9-11)24-18(22)4-2/h3-10,18,22H,1-2H2. The number of hydrogen-bond acceptors (Lipinski definition) is 4. The first-order chi connectivity index (χ1) is 11.4. The second-order valence-corrected chi connectivity index (χ2v) is 4.66. The largest absolute Gasteiger partial charge is 0.458 e. The Balaban J connectivity index is 2.28. The van der Waals surface area contributed by atoms with Gasteiger partial charge in [-0.05, 0) is 35.9 Å². The van der Waals surface area contributed by atoms with Crippen molar-refractivity contribution in [3.63, 3.8) is 0 Å². The molecule has 1 unspecified atom stereocenters. The number of aliphatic hydroxyl groups excluding tert-OH is 1. The number of aliphatic hydroxyl groups is 1. The van der Waals surface area contributed by atoms with Crippen molar-refractivity contribution in [1.29, 1.82) is 0 Å². The van der Waals surface area contributed by atoms with E-state index in [0.717, 1.165) is 24.3 Å². The van der Waals surface area contributed by atoms with Gasteiger partial charge in [0.1, 0.15) is 11.6 Å². The molecule has 0 fully saturated rings. The lowest BCUT2D eigenvalue weighted by Crippen LogP contribution is -2.12. The lowest BCUT2D eigenvalue weighted by Gasteiger charge is -2.12. The predicted octanol–water partition coefficient (Wildman–Crippen LogP) is 3.61.